The van der Waals surface area contributed by atoms with Crippen LogP contribution in [0.5, 0.6) is 5.75 Å². The maximum atomic E-state index is 11.8. The topological polar surface area (TPSA) is 59.3 Å². The summed E-state index contributed by atoms with van der Waals surface area (Å²) in [6, 6.07) is 5.14. The van der Waals surface area contributed by atoms with Gasteiger partial charge in [-0.2, -0.15) is 5.26 Å². The molecule has 0 aliphatic carbocycles. The number of carbonyl (C=O) groups excluding carboxylic acids is 1. The molecule has 22 heavy (non-hydrogen) atoms. The van der Waals surface area contributed by atoms with Crippen LogP contribution in [0.3, 0.4) is 0 Å². The number of halogens is 2. The first-order chi connectivity index (χ1) is 10.4. The molecule has 1 aliphatic rings. The minimum atomic E-state index is -0.659. The van der Waals surface area contributed by atoms with Crippen LogP contribution in [0, 0.1) is 11.3 Å². The average molecular weight is 338 g/mol. The van der Waals surface area contributed by atoms with Crippen LogP contribution < -0.4 is 4.74 Å². The molecule has 1 aliphatic heterocycles. The minimum Gasteiger partial charge on any atom is -0.487 e. The quantitative estimate of drug-likeness (QED) is 0.471. The van der Waals surface area contributed by atoms with Crippen LogP contribution in [0.1, 0.15) is 19.4 Å². The lowest BCUT2D eigenvalue weighted by Gasteiger charge is -2.18. The maximum Gasteiger partial charge on any atom is 0.349 e. The van der Waals surface area contributed by atoms with Gasteiger partial charge in [0.05, 0.1) is 11.1 Å². The van der Waals surface area contributed by atoms with Gasteiger partial charge in [0.2, 0.25) is 0 Å². The van der Waals surface area contributed by atoms with Crippen LogP contribution >= 0.6 is 23.2 Å². The van der Waals surface area contributed by atoms with E-state index in [1.165, 1.54) is 6.08 Å². The van der Waals surface area contributed by atoms with Crippen LogP contribution in [-0.4, -0.2) is 18.7 Å². The fourth-order valence-corrected chi connectivity index (χ4v) is 2.48. The molecule has 0 bridgehead atoms. The average Bonchev–Trinajstić information content (AvgIpc) is 2.43. The van der Waals surface area contributed by atoms with Gasteiger partial charge in [0.1, 0.15) is 24.0 Å². The number of fused-ring (bicyclic) bond motifs is 1. The van der Waals surface area contributed by atoms with Gasteiger partial charge in [-0.25, -0.2) is 4.79 Å². The Morgan fingerprint density at radius 2 is 2.18 bits per heavy atom. The van der Waals surface area contributed by atoms with Crippen molar-refractivity contribution in [2.45, 2.75) is 20.0 Å². The van der Waals surface area contributed by atoms with E-state index in [4.69, 9.17) is 37.9 Å². The third-order valence-corrected chi connectivity index (χ3v) is 3.27. The van der Waals surface area contributed by atoms with E-state index in [2.05, 4.69) is 0 Å². The lowest BCUT2D eigenvalue weighted by atomic mass is 10.1. The van der Waals surface area contributed by atoms with Crippen molar-refractivity contribution in [3.63, 3.8) is 0 Å². The molecule has 0 N–H and O–H groups in total. The zero-order valence-corrected chi connectivity index (χ0v) is 13.5. The van der Waals surface area contributed by atoms with Crippen molar-refractivity contribution in [1.82, 2.24) is 0 Å². The molecular formula is C16H13Cl2NO3. The zero-order valence-electron chi connectivity index (χ0n) is 12.0. The number of hydrogen-bond donors (Lipinski definition) is 0. The molecule has 0 spiro atoms. The van der Waals surface area contributed by atoms with Gasteiger partial charge in [0.15, 0.2) is 0 Å². The Kier molecular flexibility index (Phi) is 5.12. The van der Waals surface area contributed by atoms with Crippen molar-refractivity contribution < 1.29 is 14.3 Å². The van der Waals surface area contributed by atoms with Gasteiger partial charge in [0, 0.05) is 10.6 Å². The van der Waals surface area contributed by atoms with E-state index in [-0.39, 0.29) is 18.3 Å². The molecule has 6 heteroatoms. The number of benzene rings is 1. The van der Waals surface area contributed by atoms with Gasteiger partial charge >= 0.3 is 5.97 Å². The van der Waals surface area contributed by atoms with Crippen LogP contribution in [0.15, 0.2) is 29.4 Å². The molecule has 0 saturated heterocycles. The highest BCUT2D eigenvalue weighted by atomic mass is 35.5. The summed E-state index contributed by atoms with van der Waals surface area (Å²) in [4.78, 5) is 11.8. The minimum absolute atomic E-state index is 0.0832. The second-order valence-electron chi connectivity index (χ2n) is 4.94. The van der Waals surface area contributed by atoms with Gasteiger partial charge in [-0.05, 0) is 43.7 Å². The summed E-state index contributed by atoms with van der Waals surface area (Å²) in [6.07, 6.45) is 2.93. The van der Waals surface area contributed by atoms with E-state index < -0.39 is 5.97 Å². The lowest BCUT2D eigenvalue weighted by Crippen LogP contribution is -2.14. The molecule has 0 saturated carbocycles. The van der Waals surface area contributed by atoms with Crippen molar-refractivity contribution >= 4 is 35.2 Å². The number of carbonyl (C=O) groups is 1. The number of nitriles is 1. The second kappa shape index (κ2) is 6.87. The maximum absolute atomic E-state index is 11.8. The number of nitrogens with zero attached hydrogens (tertiary/aromatic N) is 1. The van der Waals surface area contributed by atoms with Crippen LogP contribution in [-0.2, 0) is 9.53 Å². The van der Waals surface area contributed by atoms with Crippen LogP contribution in [0.4, 0.5) is 0 Å². The summed E-state index contributed by atoms with van der Waals surface area (Å²) >= 11 is 12.0. The summed E-state index contributed by atoms with van der Waals surface area (Å²) in [5, 5.41) is 9.99. The monoisotopic (exact) mass is 337 g/mol. The van der Waals surface area contributed by atoms with E-state index in [0.29, 0.717) is 26.9 Å². The summed E-state index contributed by atoms with van der Waals surface area (Å²) < 4.78 is 10.6. The highest BCUT2D eigenvalue weighted by Crippen LogP contribution is 2.36. The van der Waals surface area contributed by atoms with Gasteiger partial charge in [-0.3, -0.25) is 0 Å². The Bertz CT molecular complexity index is 715. The molecule has 0 amide bonds. The molecule has 4 nitrogen and oxygen atoms in total. The Hall–Kier alpha value is -1.96. The van der Waals surface area contributed by atoms with E-state index in [1.54, 1.807) is 32.1 Å². The number of rotatable bonds is 3. The molecule has 2 rings (SSSR count). The Labute approximate surface area is 138 Å². The summed E-state index contributed by atoms with van der Waals surface area (Å²) in [6.45, 7) is 3.64. The zero-order chi connectivity index (χ0) is 16.3. The van der Waals surface area contributed by atoms with Crippen LogP contribution in [0.2, 0.25) is 10.0 Å². The smallest absolute Gasteiger partial charge is 0.349 e. The largest absolute Gasteiger partial charge is 0.487 e. The molecule has 0 unspecified atom stereocenters. The second-order valence-corrected chi connectivity index (χ2v) is 5.78. The summed E-state index contributed by atoms with van der Waals surface area (Å²) in [7, 11) is 0. The van der Waals surface area contributed by atoms with Crippen molar-refractivity contribution in [3.8, 4) is 11.8 Å². The first kappa shape index (κ1) is 16.4. The van der Waals surface area contributed by atoms with E-state index in [0.717, 1.165) is 0 Å². The third-order valence-electron chi connectivity index (χ3n) is 2.77. The normalized spacial score (nSPS) is 13.8. The van der Waals surface area contributed by atoms with E-state index >= 15 is 0 Å². The van der Waals surface area contributed by atoms with Crippen LogP contribution in [0.25, 0.3) is 6.08 Å². The predicted molar refractivity (Wildman–Crippen MR) is 84.9 cm³/mol. The predicted octanol–water partition coefficient (Wildman–Crippen LogP) is 4.17. The molecule has 0 radical (unpaired) electrons. The Morgan fingerprint density at radius 1 is 1.45 bits per heavy atom. The van der Waals surface area contributed by atoms with E-state index in [1.807, 2.05) is 6.07 Å². The molecule has 0 fully saturated rings. The first-order valence-electron chi connectivity index (χ1n) is 6.56. The lowest BCUT2D eigenvalue weighted by molar-refractivity contribution is -0.142. The van der Waals surface area contributed by atoms with Gasteiger partial charge < -0.3 is 9.47 Å². The van der Waals surface area contributed by atoms with Crippen molar-refractivity contribution in [1.29, 1.82) is 5.26 Å². The number of hydrogen-bond acceptors (Lipinski definition) is 4. The molecule has 114 valence electrons. The molecule has 0 aromatic heterocycles. The SMILES string of the molecule is CC(C)OC(=O)/C(C#N)=C\C1=Cc2cc(Cl)cc(Cl)c2OC1. The fourth-order valence-electron chi connectivity index (χ4n) is 1.92. The summed E-state index contributed by atoms with van der Waals surface area (Å²) in [5.74, 6) is -0.125. The molecule has 1 aromatic carbocycles. The Morgan fingerprint density at radius 3 is 2.82 bits per heavy atom. The molecule has 1 heterocycles. The first-order valence-corrected chi connectivity index (χ1v) is 7.31. The van der Waals surface area contributed by atoms with E-state index in [9.17, 15) is 4.79 Å². The molecule has 0 atom stereocenters. The molecule has 1 aromatic rings. The summed E-state index contributed by atoms with van der Waals surface area (Å²) in [5.41, 5.74) is 1.27. The van der Waals surface area contributed by atoms with Crippen molar-refractivity contribution in [2.75, 3.05) is 6.61 Å². The standard InChI is InChI=1S/C16H13Cl2NO3/c1-9(2)22-16(20)12(7-19)4-10-3-11-5-13(17)6-14(18)15(11)21-8-10/h3-6,9H,8H2,1-2H3/b12-4-. The van der Waals surface area contributed by atoms with Gasteiger partial charge in [0.25, 0.3) is 0 Å². The number of ether oxygens (including phenoxy) is 2. The highest BCUT2D eigenvalue weighted by molar-refractivity contribution is 6.36. The van der Waals surface area contributed by atoms with Gasteiger partial charge in [-0.15, -0.1) is 0 Å². The number of esters is 1. The fraction of sp³-hybridized carbons (Fsp3) is 0.250. The third kappa shape index (κ3) is 3.82. The highest BCUT2D eigenvalue weighted by Gasteiger charge is 2.18. The van der Waals surface area contributed by atoms with Crippen molar-refractivity contribution in [2.24, 2.45) is 0 Å². The van der Waals surface area contributed by atoms with Crippen molar-refractivity contribution in [3.05, 3.63) is 45.0 Å². The Balaban J connectivity index is 2.33. The van der Waals surface area contributed by atoms with Gasteiger partial charge in [-0.1, -0.05) is 23.2 Å². The molecular weight excluding hydrogens is 325 g/mol.